The largest absolute Gasteiger partial charge is 0.469 e. The van der Waals surface area contributed by atoms with Gasteiger partial charge in [-0.1, -0.05) is 42.5 Å². The van der Waals surface area contributed by atoms with E-state index in [0.717, 1.165) is 16.8 Å². The lowest BCUT2D eigenvalue weighted by Crippen LogP contribution is -2.26. The summed E-state index contributed by atoms with van der Waals surface area (Å²) in [5.41, 5.74) is 3.05. The fraction of sp³-hybridized carbons (Fsp3) is 0.222. The third kappa shape index (κ3) is 2.72. The molecule has 0 unspecified atom stereocenters. The summed E-state index contributed by atoms with van der Waals surface area (Å²) in [4.78, 5) is 25.3. The molecule has 1 aliphatic heterocycles. The van der Waals surface area contributed by atoms with E-state index in [4.69, 9.17) is 4.74 Å². The zero-order valence-corrected chi connectivity index (χ0v) is 12.4. The molecule has 0 N–H and O–H groups in total. The average Bonchev–Trinajstić information content (AvgIpc) is 2.97. The van der Waals surface area contributed by atoms with Crippen molar-refractivity contribution in [3.63, 3.8) is 0 Å². The highest BCUT2D eigenvalue weighted by Gasteiger charge is 2.35. The van der Waals surface area contributed by atoms with Gasteiger partial charge < -0.3 is 9.64 Å². The molecular weight excluding hydrogens is 278 g/mol. The van der Waals surface area contributed by atoms with Gasteiger partial charge >= 0.3 is 5.97 Å². The molecule has 22 heavy (non-hydrogen) atoms. The molecule has 1 amide bonds. The maximum absolute atomic E-state index is 12.1. The maximum atomic E-state index is 12.1. The highest BCUT2D eigenvalue weighted by Crippen LogP contribution is 2.28. The zero-order valence-electron chi connectivity index (χ0n) is 12.4. The maximum Gasteiger partial charge on any atom is 0.311 e. The molecule has 0 aromatic heterocycles. The summed E-state index contributed by atoms with van der Waals surface area (Å²) in [5, 5.41) is 0. The van der Waals surface area contributed by atoms with Gasteiger partial charge in [0.15, 0.2) is 0 Å². The quantitative estimate of drug-likeness (QED) is 0.818. The number of nitrogens with zero attached hydrogens (tertiary/aromatic N) is 1. The van der Waals surface area contributed by atoms with Crippen molar-refractivity contribution in [2.75, 3.05) is 18.6 Å². The monoisotopic (exact) mass is 295 g/mol. The molecule has 0 spiro atoms. The van der Waals surface area contributed by atoms with Crippen molar-refractivity contribution in [2.45, 2.75) is 6.42 Å². The predicted molar refractivity (Wildman–Crippen MR) is 84.4 cm³/mol. The molecule has 0 radical (unpaired) electrons. The van der Waals surface area contributed by atoms with Gasteiger partial charge in [-0.25, -0.2) is 0 Å². The molecule has 1 atom stereocenters. The first-order valence-corrected chi connectivity index (χ1v) is 7.22. The van der Waals surface area contributed by atoms with Crippen LogP contribution in [0, 0.1) is 5.92 Å². The number of esters is 1. The number of methoxy groups -OCH3 is 1. The Labute approximate surface area is 129 Å². The van der Waals surface area contributed by atoms with Crippen LogP contribution in [0.4, 0.5) is 5.69 Å². The van der Waals surface area contributed by atoms with Crippen molar-refractivity contribution in [3.8, 4) is 11.1 Å². The van der Waals surface area contributed by atoms with Gasteiger partial charge in [0.05, 0.1) is 13.0 Å². The second kappa shape index (κ2) is 6.02. The molecule has 1 saturated heterocycles. The molecule has 0 bridgehead atoms. The van der Waals surface area contributed by atoms with Gasteiger partial charge in [-0.15, -0.1) is 0 Å². The molecule has 4 nitrogen and oxygen atoms in total. The smallest absolute Gasteiger partial charge is 0.311 e. The number of amides is 1. The second-order valence-electron chi connectivity index (χ2n) is 5.34. The fourth-order valence-corrected chi connectivity index (χ4v) is 2.75. The van der Waals surface area contributed by atoms with Crippen LogP contribution in [0.25, 0.3) is 11.1 Å². The molecule has 2 aromatic rings. The van der Waals surface area contributed by atoms with E-state index in [9.17, 15) is 9.59 Å². The van der Waals surface area contributed by atoms with Crippen LogP contribution in [0.2, 0.25) is 0 Å². The number of benzene rings is 2. The normalized spacial score (nSPS) is 17.6. The molecule has 0 saturated carbocycles. The predicted octanol–water partition coefficient (Wildman–Crippen LogP) is 2.88. The van der Waals surface area contributed by atoms with Crippen molar-refractivity contribution in [1.29, 1.82) is 0 Å². The Morgan fingerprint density at radius 3 is 2.32 bits per heavy atom. The highest BCUT2D eigenvalue weighted by molar-refractivity contribution is 5.99. The number of hydrogen-bond acceptors (Lipinski definition) is 3. The van der Waals surface area contributed by atoms with Gasteiger partial charge in [0.25, 0.3) is 0 Å². The lowest BCUT2D eigenvalue weighted by Gasteiger charge is -2.16. The van der Waals surface area contributed by atoms with Crippen LogP contribution >= 0.6 is 0 Å². The van der Waals surface area contributed by atoms with E-state index in [2.05, 4.69) is 0 Å². The SMILES string of the molecule is COC(=O)[C@H]1CC(=O)N(c2ccc(-c3ccccc3)cc2)C1. The fourth-order valence-electron chi connectivity index (χ4n) is 2.75. The van der Waals surface area contributed by atoms with Crippen molar-refractivity contribution >= 4 is 17.6 Å². The minimum Gasteiger partial charge on any atom is -0.469 e. The number of carbonyl (C=O) groups is 2. The zero-order chi connectivity index (χ0) is 15.5. The number of ether oxygens (including phenoxy) is 1. The third-order valence-electron chi connectivity index (χ3n) is 3.95. The van der Waals surface area contributed by atoms with Crippen LogP contribution in [-0.2, 0) is 14.3 Å². The van der Waals surface area contributed by atoms with Crippen LogP contribution in [0.5, 0.6) is 0 Å². The van der Waals surface area contributed by atoms with E-state index in [1.165, 1.54) is 7.11 Å². The van der Waals surface area contributed by atoms with Crippen LogP contribution in [-0.4, -0.2) is 25.5 Å². The van der Waals surface area contributed by atoms with Crippen LogP contribution in [0.1, 0.15) is 6.42 Å². The summed E-state index contributed by atoms with van der Waals surface area (Å²) in [6.45, 7) is 0.385. The lowest BCUT2D eigenvalue weighted by atomic mass is 10.1. The molecule has 1 fully saturated rings. The molecule has 4 heteroatoms. The summed E-state index contributed by atoms with van der Waals surface area (Å²) in [6, 6.07) is 17.9. The Morgan fingerprint density at radius 1 is 1.05 bits per heavy atom. The Bertz CT molecular complexity index is 679. The van der Waals surface area contributed by atoms with E-state index >= 15 is 0 Å². The first-order chi connectivity index (χ1) is 10.7. The average molecular weight is 295 g/mol. The Balaban J connectivity index is 1.79. The molecule has 2 aromatic carbocycles. The summed E-state index contributed by atoms with van der Waals surface area (Å²) in [7, 11) is 1.35. The highest BCUT2D eigenvalue weighted by atomic mass is 16.5. The Kier molecular flexibility index (Phi) is 3.92. The van der Waals surface area contributed by atoms with Gasteiger partial charge in [0.1, 0.15) is 0 Å². The first kappa shape index (κ1) is 14.3. The van der Waals surface area contributed by atoms with Crippen molar-refractivity contribution in [2.24, 2.45) is 5.92 Å². The number of carbonyl (C=O) groups excluding carboxylic acids is 2. The summed E-state index contributed by atoms with van der Waals surface area (Å²) in [6.07, 6.45) is 0.215. The molecule has 3 rings (SSSR count). The van der Waals surface area contributed by atoms with Crippen LogP contribution in [0.15, 0.2) is 54.6 Å². The molecule has 1 heterocycles. The molecule has 112 valence electrons. The summed E-state index contributed by atoms with van der Waals surface area (Å²) < 4.78 is 4.73. The summed E-state index contributed by atoms with van der Waals surface area (Å²) >= 11 is 0. The van der Waals surface area contributed by atoms with Crippen LogP contribution in [0.3, 0.4) is 0 Å². The van der Waals surface area contributed by atoms with Crippen LogP contribution < -0.4 is 4.90 Å². The molecular formula is C18H17NO3. The van der Waals surface area contributed by atoms with Crippen molar-refractivity contribution in [3.05, 3.63) is 54.6 Å². The number of anilines is 1. The molecule has 0 aliphatic carbocycles. The molecule has 1 aliphatic rings. The van der Waals surface area contributed by atoms with Gasteiger partial charge in [0, 0.05) is 18.7 Å². The van der Waals surface area contributed by atoms with Gasteiger partial charge in [-0.05, 0) is 23.3 Å². The van der Waals surface area contributed by atoms with E-state index in [0.29, 0.717) is 6.54 Å². The first-order valence-electron chi connectivity index (χ1n) is 7.22. The standard InChI is InChI=1S/C18H17NO3/c1-22-18(21)15-11-17(20)19(12-15)16-9-7-14(8-10-16)13-5-3-2-4-6-13/h2-10,15H,11-12H2,1H3/t15-/m0/s1. The number of hydrogen-bond donors (Lipinski definition) is 0. The minimum atomic E-state index is -0.369. The number of rotatable bonds is 3. The Morgan fingerprint density at radius 2 is 1.68 bits per heavy atom. The van der Waals surface area contributed by atoms with E-state index < -0.39 is 0 Å². The second-order valence-corrected chi connectivity index (χ2v) is 5.34. The topological polar surface area (TPSA) is 46.6 Å². The van der Waals surface area contributed by atoms with Gasteiger partial charge in [-0.3, -0.25) is 9.59 Å². The van der Waals surface area contributed by atoms with Crippen molar-refractivity contribution in [1.82, 2.24) is 0 Å². The minimum absolute atomic E-state index is 0.0390. The van der Waals surface area contributed by atoms with E-state index in [1.54, 1.807) is 4.90 Å². The van der Waals surface area contributed by atoms with Gasteiger partial charge in [-0.2, -0.15) is 0 Å². The van der Waals surface area contributed by atoms with E-state index in [1.807, 2.05) is 54.6 Å². The van der Waals surface area contributed by atoms with E-state index in [-0.39, 0.29) is 24.2 Å². The summed E-state index contributed by atoms with van der Waals surface area (Å²) in [5.74, 6) is -0.731. The lowest BCUT2D eigenvalue weighted by molar-refractivity contribution is -0.145. The van der Waals surface area contributed by atoms with Gasteiger partial charge in [0.2, 0.25) is 5.91 Å². The third-order valence-corrected chi connectivity index (χ3v) is 3.95. The Hall–Kier alpha value is -2.62. The van der Waals surface area contributed by atoms with Crippen molar-refractivity contribution < 1.29 is 14.3 Å².